The summed E-state index contributed by atoms with van der Waals surface area (Å²) in [7, 11) is 0. The summed E-state index contributed by atoms with van der Waals surface area (Å²) in [5, 5.41) is 14.9. The van der Waals surface area contributed by atoms with Crippen LogP contribution in [-0.2, 0) is 6.54 Å². The van der Waals surface area contributed by atoms with Crippen LogP contribution in [0.2, 0.25) is 0 Å². The van der Waals surface area contributed by atoms with Gasteiger partial charge in [0.25, 0.3) is 5.88 Å². The van der Waals surface area contributed by atoms with Crippen molar-refractivity contribution in [1.29, 1.82) is 5.26 Å². The summed E-state index contributed by atoms with van der Waals surface area (Å²) in [6, 6.07) is 11.8. The SMILES string of the molecule is N#Cc1nccnc1OC1CCC(NC(=O)NCc2ccccc2)CC1. The topological polar surface area (TPSA) is 99.9 Å². The van der Waals surface area contributed by atoms with Gasteiger partial charge in [-0.25, -0.2) is 14.8 Å². The Hall–Kier alpha value is -3.14. The van der Waals surface area contributed by atoms with Crippen molar-refractivity contribution in [1.82, 2.24) is 20.6 Å². The number of nitrogens with zero attached hydrogens (tertiary/aromatic N) is 3. The first kappa shape index (κ1) is 17.7. The number of hydrogen-bond acceptors (Lipinski definition) is 5. The number of aromatic nitrogens is 2. The largest absolute Gasteiger partial charge is 0.472 e. The molecule has 1 aromatic heterocycles. The number of benzene rings is 1. The van der Waals surface area contributed by atoms with E-state index in [1.807, 2.05) is 36.4 Å². The Kier molecular flexibility index (Phi) is 5.99. The molecule has 1 fully saturated rings. The molecule has 2 amide bonds. The molecule has 0 radical (unpaired) electrons. The van der Waals surface area contributed by atoms with Gasteiger partial charge in [0, 0.05) is 25.0 Å². The van der Waals surface area contributed by atoms with Crippen LogP contribution in [0.25, 0.3) is 0 Å². The van der Waals surface area contributed by atoms with Crippen molar-refractivity contribution in [3.05, 3.63) is 54.0 Å². The van der Waals surface area contributed by atoms with Crippen LogP contribution in [0.5, 0.6) is 5.88 Å². The van der Waals surface area contributed by atoms with Crippen molar-refractivity contribution < 1.29 is 9.53 Å². The number of rotatable bonds is 5. The summed E-state index contributed by atoms with van der Waals surface area (Å²) in [5.74, 6) is 0.284. The number of ether oxygens (including phenoxy) is 1. The van der Waals surface area contributed by atoms with Gasteiger partial charge in [-0.15, -0.1) is 0 Å². The van der Waals surface area contributed by atoms with E-state index in [2.05, 4.69) is 20.6 Å². The minimum Gasteiger partial charge on any atom is -0.472 e. The van der Waals surface area contributed by atoms with Crippen molar-refractivity contribution in [3.63, 3.8) is 0 Å². The zero-order chi connectivity index (χ0) is 18.2. The van der Waals surface area contributed by atoms with Crippen LogP contribution in [0.4, 0.5) is 4.79 Å². The Morgan fingerprint density at radius 2 is 1.88 bits per heavy atom. The summed E-state index contributed by atoms with van der Waals surface area (Å²) >= 11 is 0. The number of urea groups is 1. The van der Waals surface area contributed by atoms with E-state index in [4.69, 9.17) is 10.00 Å². The van der Waals surface area contributed by atoms with Gasteiger partial charge in [-0.05, 0) is 31.2 Å². The van der Waals surface area contributed by atoms with Crippen LogP contribution in [0.1, 0.15) is 36.9 Å². The van der Waals surface area contributed by atoms with Crippen LogP contribution < -0.4 is 15.4 Å². The maximum Gasteiger partial charge on any atom is 0.315 e. The zero-order valence-electron chi connectivity index (χ0n) is 14.4. The molecule has 26 heavy (non-hydrogen) atoms. The van der Waals surface area contributed by atoms with Crippen LogP contribution >= 0.6 is 0 Å². The average Bonchev–Trinajstić information content (AvgIpc) is 2.69. The Morgan fingerprint density at radius 3 is 2.62 bits per heavy atom. The van der Waals surface area contributed by atoms with E-state index in [0.29, 0.717) is 6.54 Å². The first-order chi connectivity index (χ1) is 12.7. The van der Waals surface area contributed by atoms with Crippen molar-refractivity contribution in [2.45, 2.75) is 44.4 Å². The number of carbonyl (C=O) groups excluding carboxylic acids is 1. The first-order valence-corrected chi connectivity index (χ1v) is 8.70. The molecule has 1 aliphatic carbocycles. The van der Waals surface area contributed by atoms with Gasteiger partial charge in [0.05, 0.1) is 0 Å². The fraction of sp³-hybridized carbons (Fsp3) is 0.368. The first-order valence-electron chi connectivity index (χ1n) is 8.70. The average molecular weight is 351 g/mol. The molecule has 0 unspecified atom stereocenters. The fourth-order valence-electron chi connectivity index (χ4n) is 2.99. The van der Waals surface area contributed by atoms with Crippen molar-refractivity contribution in [3.8, 4) is 11.9 Å². The van der Waals surface area contributed by atoms with E-state index in [9.17, 15) is 4.79 Å². The van der Waals surface area contributed by atoms with E-state index in [-0.39, 0.29) is 29.8 Å². The molecule has 3 rings (SSSR count). The lowest BCUT2D eigenvalue weighted by atomic mass is 9.93. The molecule has 7 nitrogen and oxygen atoms in total. The Balaban J connectivity index is 1.41. The smallest absolute Gasteiger partial charge is 0.315 e. The molecule has 0 aliphatic heterocycles. The monoisotopic (exact) mass is 351 g/mol. The highest BCUT2D eigenvalue weighted by atomic mass is 16.5. The van der Waals surface area contributed by atoms with Gasteiger partial charge in [-0.2, -0.15) is 5.26 Å². The van der Waals surface area contributed by atoms with Crippen molar-refractivity contribution in [2.24, 2.45) is 0 Å². The molecule has 2 aromatic rings. The molecule has 0 spiro atoms. The van der Waals surface area contributed by atoms with Gasteiger partial charge < -0.3 is 15.4 Å². The summed E-state index contributed by atoms with van der Waals surface area (Å²) in [6.45, 7) is 0.509. The van der Waals surface area contributed by atoms with Gasteiger partial charge >= 0.3 is 6.03 Å². The molecule has 0 atom stereocenters. The molecule has 1 saturated carbocycles. The minimum atomic E-state index is -0.154. The van der Waals surface area contributed by atoms with Gasteiger partial charge in [-0.1, -0.05) is 30.3 Å². The molecule has 7 heteroatoms. The number of hydrogen-bond donors (Lipinski definition) is 2. The summed E-state index contributed by atoms with van der Waals surface area (Å²) < 4.78 is 5.81. The molecule has 1 aromatic carbocycles. The van der Waals surface area contributed by atoms with Gasteiger partial charge in [-0.3, -0.25) is 0 Å². The number of amides is 2. The third-order valence-corrected chi connectivity index (χ3v) is 4.35. The zero-order valence-corrected chi connectivity index (χ0v) is 14.4. The summed E-state index contributed by atoms with van der Waals surface area (Å²) in [5.41, 5.74) is 1.27. The maximum absolute atomic E-state index is 12.0. The van der Waals surface area contributed by atoms with E-state index < -0.39 is 0 Å². The predicted octanol–water partition coefficient (Wildman–Crippen LogP) is 2.54. The predicted molar refractivity (Wildman–Crippen MR) is 95.2 cm³/mol. The highest BCUT2D eigenvalue weighted by Crippen LogP contribution is 2.23. The third kappa shape index (κ3) is 4.93. The van der Waals surface area contributed by atoms with Crippen LogP contribution in [0, 0.1) is 11.3 Å². The minimum absolute atomic E-state index is 0.00997. The lowest BCUT2D eigenvalue weighted by molar-refractivity contribution is 0.134. The molecule has 1 aliphatic rings. The fourth-order valence-corrected chi connectivity index (χ4v) is 2.99. The standard InChI is InChI=1S/C19H21N5O2/c20-12-17-18(22-11-10-21-17)26-16-8-6-15(7-9-16)24-19(25)23-13-14-4-2-1-3-5-14/h1-5,10-11,15-16H,6-9,13H2,(H2,23,24,25). The van der Waals surface area contributed by atoms with Gasteiger partial charge in [0.15, 0.2) is 0 Å². The second-order valence-corrected chi connectivity index (χ2v) is 6.23. The van der Waals surface area contributed by atoms with E-state index in [1.54, 1.807) is 0 Å². The Bertz CT molecular complexity index is 767. The van der Waals surface area contributed by atoms with E-state index >= 15 is 0 Å². The second-order valence-electron chi connectivity index (χ2n) is 6.23. The molecular weight excluding hydrogens is 330 g/mol. The molecular formula is C19H21N5O2. The van der Waals surface area contributed by atoms with Crippen molar-refractivity contribution in [2.75, 3.05) is 0 Å². The van der Waals surface area contributed by atoms with Crippen LogP contribution in [-0.4, -0.2) is 28.1 Å². The number of carbonyl (C=O) groups is 1. The molecule has 0 bridgehead atoms. The van der Waals surface area contributed by atoms with Crippen molar-refractivity contribution >= 4 is 6.03 Å². The second kappa shape index (κ2) is 8.81. The van der Waals surface area contributed by atoms with Gasteiger partial charge in [0.1, 0.15) is 12.2 Å². The summed E-state index contributed by atoms with van der Waals surface area (Å²) in [4.78, 5) is 20.1. The number of nitriles is 1. The highest BCUT2D eigenvalue weighted by Gasteiger charge is 2.24. The number of nitrogens with one attached hydrogen (secondary N) is 2. The molecule has 1 heterocycles. The molecule has 134 valence electrons. The third-order valence-electron chi connectivity index (χ3n) is 4.35. The van der Waals surface area contributed by atoms with Crippen LogP contribution in [0.3, 0.4) is 0 Å². The normalized spacial score (nSPS) is 19.2. The Labute approximate surface area is 152 Å². The Morgan fingerprint density at radius 1 is 1.15 bits per heavy atom. The lowest BCUT2D eigenvalue weighted by Gasteiger charge is -2.29. The van der Waals surface area contributed by atoms with E-state index in [0.717, 1.165) is 31.2 Å². The molecule has 0 saturated heterocycles. The summed E-state index contributed by atoms with van der Waals surface area (Å²) in [6.07, 6.45) is 6.22. The molecule has 2 N–H and O–H groups in total. The lowest BCUT2D eigenvalue weighted by Crippen LogP contribution is -2.44. The van der Waals surface area contributed by atoms with Crippen LogP contribution in [0.15, 0.2) is 42.7 Å². The van der Waals surface area contributed by atoms with E-state index in [1.165, 1.54) is 12.4 Å². The van der Waals surface area contributed by atoms with Gasteiger partial charge in [0.2, 0.25) is 5.69 Å². The maximum atomic E-state index is 12.0. The quantitative estimate of drug-likeness (QED) is 0.862. The highest BCUT2D eigenvalue weighted by molar-refractivity contribution is 5.74.